The zero-order valence-corrected chi connectivity index (χ0v) is 18.5. The van der Waals surface area contributed by atoms with E-state index >= 15 is 0 Å². The van der Waals surface area contributed by atoms with Crippen molar-refractivity contribution in [2.45, 2.75) is 0 Å². The number of fused-ring (bicyclic) bond motifs is 5. The van der Waals surface area contributed by atoms with Gasteiger partial charge in [-0.05, 0) is 47.2 Å². The van der Waals surface area contributed by atoms with E-state index < -0.39 is 18.1 Å². The molecule has 7 aromatic rings. The SMILES string of the molecule is [2H]c1c([2H])c([2H])c(-c2nc(-n3c4cc(Cl)ccc4c4cc5ccccc5cc43)c3ccccc3n2)c([2H])c1[2H]. The normalized spacial score (nSPS) is 13.7. The predicted molar refractivity (Wildman–Crippen MR) is 142 cm³/mol. The van der Waals surface area contributed by atoms with Crippen LogP contribution in [0.25, 0.3) is 60.7 Å². The van der Waals surface area contributed by atoms with Gasteiger partial charge in [-0.15, -0.1) is 0 Å². The Morgan fingerprint density at radius 1 is 0.676 bits per heavy atom. The summed E-state index contributed by atoms with van der Waals surface area (Å²) in [6.45, 7) is 0. The van der Waals surface area contributed by atoms with Crippen molar-refractivity contribution >= 4 is 55.1 Å². The van der Waals surface area contributed by atoms with Crippen LogP contribution in [0.1, 0.15) is 6.85 Å². The third-order valence-electron chi connectivity index (χ3n) is 6.11. The number of benzene rings is 5. The summed E-state index contributed by atoms with van der Waals surface area (Å²) >= 11 is 6.49. The number of aromatic nitrogens is 3. The van der Waals surface area contributed by atoms with Gasteiger partial charge in [-0.25, -0.2) is 9.97 Å². The molecule has 0 aliphatic rings. The van der Waals surface area contributed by atoms with E-state index in [1.165, 1.54) is 0 Å². The van der Waals surface area contributed by atoms with Crippen LogP contribution >= 0.6 is 11.6 Å². The van der Waals surface area contributed by atoms with Gasteiger partial charge in [0.25, 0.3) is 0 Å². The van der Waals surface area contributed by atoms with Gasteiger partial charge < -0.3 is 0 Å². The monoisotopic (exact) mass is 460 g/mol. The van der Waals surface area contributed by atoms with Crippen molar-refractivity contribution in [3.05, 3.63) is 114 Å². The van der Waals surface area contributed by atoms with Crippen LogP contribution in [-0.2, 0) is 0 Å². The Balaban J connectivity index is 1.66. The fourth-order valence-electron chi connectivity index (χ4n) is 4.61. The van der Waals surface area contributed by atoms with Crippen LogP contribution in [0, 0.1) is 0 Å². The second kappa shape index (κ2) is 7.41. The number of hydrogen-bond donors (Lipinski definition) is 0. The van der Waals surface area contributed by atoms with Gasteiger partial charge in [-0.1, -0.05) is 84.3 Å². The number of rotatable bonds is 2. The Labute approximate surface area is 207 Å². The Morgan fingerprint density at radius 2 is 1.41 bits per heavy atom. The first kappa shape index (κ1) is 14.8. The highest BCUT2D eigenvalue weighted by molar-refractivity contribution is 6.31. The van der Waals surface area contributed by atoms with Gasteiger partial charge >= 0.3 is 0 Å². The van der Waals surface area contributed by atoms with Crippen molar-refractivity contribution in [2.75, 3.05) is 0 Å². The molecule has 0 saturated carbocycles. The summed E-state index contributed by atoms with van der Waals surface area (Å²) in [5.41, 5.74) is 2.28. The van der Waals surface area contributed by atoms with E-state index in [2.05, 4.69) is 29.2 Å². The molecule has 0 saturated heterocycles. The lowest BCUT2D eigenvalue weighted by atomic mass is 10.1. The third-order valence-corrected chi connectivity index (χ3v) is 6.35. The van der Waals surface area contributed by atoms with Gasteiger partial charge in [0.05, 0.1) is 23.4 Å². The van der Waals surface area contributed by atoms with Gasteiger partial charge in [-0.2, -0.15) is 0 Å². The zero-order valence-electron chi connectivity index (χ0n) is 22.7. The maximum atomic E-state index is 8.53. The van der Waals surface area contributed by atoms with Crippen LogP contribution in [0.15, 0.2) is 109 Å². The van der Waals surface area contributed by atoms with Crippen molar-refractivity contribution in [3.8, 4) is 17.2 Å². The number of para-hydroxylation sites is 1. The van der Waals surface area contributed by atoms with Gasteiger partial charge in [0.15, 0.2) is 5.82 Å². The first-order valence-electron chi connectivity index (χ1n) is 13.3. The van der Waals surface area contributed by atoms with E-state index in [4.69, 9.17) is 23.4 Å². The van der Waals surface area contributed by atoms with Crippen LogP contribution in [0.5, 0.6) is 0 Å². The zero-order chi connectivity index (χ0) is 27.0. The second-order valence-corrected chi connectivity index (χ2v) is 8.54. The van der Waals surface area contributed by atoms with E-state index in [1.54, 1.807) is 0 Å². The van der Waals surface area contributed by atoms with Crippen molar-refractivity contribution in [2.24, 2.45) is 0 Å². The molecule has 160 valence electrons. The Bertz CT molecular complexity index is 2130. The lowest BCUT2D eigenvalue weighted by Crippen LogP contribution is -2.02. The van der Waals surface area contributed by atoms with E-state index in [9.17, 15) is 0 Å². The first-order valence-corrected chi connectivity index (χ1v) is 11.2. The average Bonchev–Trinajstić information content (AvgIpc) is 3.25. The smallest absolute Gasteiger partial charge is 0.162 e. The molecule has 4 heteroatoms. The first-order chi connectivity index (χ1) is 18.8. The molecule has 0 atom stereocenters. The standard InChI is InChI=1S/C30H18ClN3/c31-22-14-15-23-25-16-20-10-4-5-11-21(20)17-27(25)34(28(23)18-22)30-24-12-6-7-13-26(24)32-29(33-30)19-8-2-1-3-9-19/h1-18H/i1D,2D,3D,8D,9D. The van der Waals surface area contributed by atoms with Gasteiger partial charge in [0.2, 0.25) is 0 Å². The summed E-state index contributed by atoms with van der Waals surface area (Å²) in [6, 6.07) is 23.6. The van der Waals surface area contributed by atoms with Crippen molar-refractivity contribution in [3.63, 3.8) is 0 Å². The fraction of sp³-hybridized carbons (Fsp3) is 0. The largest absolute Gasteiger partial charge is 0.293 e. The molecular weight excluding hydrogens is 438 g/mol. The summed E-state index contributed by atoms with van der Waals surface area (Å²) in [6.07, 6.45) is 0. The lowest BCUT2D eigenvalue weighted by molar-refractivity contribution is 1.08. The van der Waals surface area contributed by atoms with E-state index in [0.29, 0.717) is 16.4 Å². The van der Waals surface area contributed by atoms with E-state index in [1.807, 2.05) is 59.2 Å². The van der Waals surface area contributed by atoms with Crippen LogP contribution in [0.3, 0.4) is 0 Å². The van der Waals surface area contributed by atoms with Gasteiger partial charge in [0, 0.05) is 26.7 Å². The predicted octanol–water partition coefficient (Wildman–Crippen LogP) is 8.20. The molecule has 2 heterocycles. The molecule has 0 unspecified atom stereocenters. The molecular formula is C30H18ClN3. The summed E-state index contributed by atoms with van der Waals surface area (Å²) in [5, 5.41) is 5.50. The number of hydrogen-bond acceptors (Lipinski definition) is 2. The Morgan fingerprint density at radius 3 is 2.26 bits per heavy atom. The number of halogens is 1. The minimum absolute atomic E-state index is 0.0442. The quantitative estimate of drug-likeness (QED) is 0.260. The molecule has 0 bridgehead atoms. The molecule has 3 nitrogen and oxygen atoms in total. The lowest BCUT2D eigenvalue weighted by Gasteiger charge is -2.13. The minimum Gasteiger partial charge on any atom is -0.293 e. The molecule has 0 fully saturated rings. The van der Waals surface area contributed by atoms with Crippen molar-refractivity contribution in [1.82, 2.24) is 14.5 Å². The van der Waals surface area contributed by atoms with Gasteiger partial charge in [0.1, 0.15) is 5.82 Å². The molecule has 0 radical (unpaired) electrons. The third kappa shape index (κ3) is 2.91. The highest BCUT2D eigenvalue weighted by Crippen LogP contribution is 2.37. The molecule has 0 aliphatic heterocycles. The summed E-state index contributed by atoms with van der Waals surface area (Å²) in [4.78, 5) is 9.56. The minimum atomic E-state index is -0.460. The Kier molecular flexibility index (Phi) is 3.23. The molecule has 0 N–H and O–H groups in total. The van der Waals surface area contributed by atoms with Crippen LogP contribution in [0.2, 0.25) is 5.02 Å². The maximum Gasteiger partial charge on any atom is 0.162 e. The topological polar surface area (TPSA) is 30.7 Å². The summed E-state index contributed by atoms with van der Waals surface area (Å²) in [7, 11) is 0. The van der Waals surface area contributed by atoms with E-state index in [-0.39, 0.29) is 23.5 Å². The Hall–Kier alpha value is -4.21. The summed E-state index contributed by atoms with van der Waals surface area (Å²) in [5.74, 6) is 0.582. The highest BCUT2D eigenvalue weighted by atomic mass is 35.5. The molecule has 34 heavy (non-hydrogen) atoms. The number of nitrogens with zero attached hydrogens (tertiary/aromatic N) is 3. The van der Waals surface area contributed by atoms with Crippen molar-refractivity contribution in [1.29, 1.82) is 0 Å². The average molecular weight is 461 g/mol. The molecule has 2 aromatic heterocycles. The molecule has 7 rings (SSSR count). The summed E-state index contributed by atoms with van der Waals surface area (Å²) < 4.78 is 43.4. The fourth-order valence-corrected chi connectivity index (χ4v) is 4.77. The molecule has 0 amide bonds. The highest BCUT2D eigenvalue weighted by Gasteiger charge is 2.18. The van der Waals surface area contributed by atoms with Crippen LogP contribution < -0.4 is 0 Å². The molecule has 5 aromatic carbocycles. The van der Waals surface area contributed by atoms with Crippen molar-refractivity contribution < 1.29 is 6.85 Å². The second-order valence-electron chi connectivity index (χ2n) is 8.10. The van der Waals surface area contributed by atoms with Gasteiger partial charge in [-0.3, -0.25) is 4.57 Å². The van der Waals surface area contributed by atoms with Crippen LogP contribution in [0.4, 0.5) is 0 Å². The van der Waals surface area contributed by atoms with E-state index in [0.717, 1.165) is 38.0 Å². The maximum absolute atomic E-state index is 8.53. The molecule has 0 aliphatic carbocycles. The molecule has 0 spiro atoms. The van der Waals surface area contributed by atoms with Crippen LogP contribution in [-0.4, -0.2) is 14.5 Å².